The highest BCUT2D eigenvalue weighted by atomic mass is 32.1. The van der Waals surface area contributed by atoms with E-state index in [4.69, 9.17) is 4.52 Å². The van der Waals surface area contributed by atoms with Gasteiger partial charge in [0.1, 0.15) is 12.0 Å². The third-order valence-electron chi connectivity index (χ3n) is 3.03. The molecule has 114 valence electrons. The van der Waals surface area contributed by atoms with Crippen LogP contribution >= 0.6 is 22.7 Å². The summed E-state index contributed by atoms with van der Waals surface area (Å²) in [5, 5.41) is 21.2. The average Bonchev–Trinajstić information content (AvgIpc) is 3.28. The first-order valence-corrected chi connectivity index (χ1v) is 8.28. The van der Waals surface area contributed by atoms with Gasteiger partial charge in [0.15, 0.2) is 5.01 Å². The normalized spacial score (nSPS) is 10.8. The Hall–Kier alpha value is -2.78. The summed E-state index contributed by atoms with van der Waals surface area (Å²) in [6.07, 6.45) is 1.46. The molecule has 3 aromatic heterocycles. The lowest BCUT2D eigenvalue weighted by molar-refractivity contribution is 0.262. The van der Waals surface area contributed by atoms with Crippen LogP contribution in [0.2, 0.25) is 0 Å². The summed E-state index contributed by atoms with van der Waals surface area (Å²) in [6.45, 7) is 0. The number of hydrogen-bond donors (Lipinski definition) is 2. The summed E-state index contributed by atoms with van der Waals surface area (Å²) in [7, 11) is 0. The van der Waals surface area contributed by atoms with Crippen LogP contribution in [0.3, 0.4) is 0 Å². The third-order valence-corrected chi connectivity index (χ3v) is 4.85. The van der Waals surface area contributed by atoms with Crippen molar-refractivity contribution in [2.24, 2.45) is 0 Å². The highest BCUT2D eigenvalue weighted by Crippen LogP contribution is 2.29. The van der Waals surface area contributed by atoms with Crippen molar-refractivity contribution in [1.82, 2.24) is 15.4 Å². The zero-order valence-electron chi connectivity index (χ0n) is 11.5. The summed E-state index contributed by atoms with van der Waals surface area (Å²) >= 11 is 2.80. The molecule has 0 unspecified atom stereocenters. The second kappa shape index (κ2) is 5.78. The number of amides is 2. The number of nitrogens with zero attached hydrogens (tertiary/aromatic N) is 3. The van der Waals surface area contributed by atoms with Crippen molar-refractivity contribution >= 4 is 49.6 Å². The van der Waals surface area contributed by atoms with E-state index >= 15 is 0 Å². The molecule has 9 heteroatoms. The number of fused-ring (bicyclic) bond motifs is 1. The predicted octanol–water partition coefficient (Wildman–Crippen LogP) is 4.05. The Morgan fingerprint density at radius 1 is 1.13 bits per heavy atom. The molecule has 4 rings (SSSR count). The van der Waals surface area contributed by atoms with Crippen LogP contribution in [0, 0.1) is 0 Å². The Bertz CT molecular complexity index is 961. The quantitative estimate of drug-likeness (QED) is 0.585. The van der Waals surface area contributed by atoms with Crippen LogP contribution in [0.15, 0.2) is 46.5 Å². The molecule has 4 aromatic rings. The largest absolute Gasteiger partial charge is 0.364 e. The number of hydrogen-bond acceptors (Lipinski definition) is 7. The van der Waals surface area contributed by atoms with Crippen LogP contribution in [0.4, 0.5) is 15.6 Å². The minimum Gasteiger partial charge on any atom is -0.364 e. The fourth-order valence-corrected chi connectivity index (χ4v) is 3.61. The minimum absolute atomic E-state index is 0.367. The van der Waals surface area contributed by atoms with Crippen molar-refractivity contribution in [2.75, 3.05) is 10.6 Å². The van der Waals surface area contributed by atoms with Gasteiger partial charge in [0.25, 0.3) is 0 Å². The van der Waals surface area contributed by atoms with Crippen LogP contribution in [0.25, 0.3) is 20.8 Å². The summed E-state index contributed by atoms with van der Waals surface area (Å²) in [5.41, 5.74) is 1.34. The maximum Gasteiger partial charge on any atom is 0.325 e. The Kier molecular flexibility index (Phi) is 3.48. The van der Waals surface area contributed by atoms with Crippen LogP contribution < -0.4 is 10.6 Å². The molecule has 0 radical (unpaired) electrons. The minimum atomic E-state index is -0.367. The summed E-state index contributed by atoms with van der Waals surface area (Å²) in [4.78, 5) is 12.1. The van der Waals surface area contributed by atoms with E-state index in [1.54, 1.807) is 17.4 Å². The average molecular weight is 343 g/mol. The predicted molar refractivity (Wildman–Crippen MR) is 89.9 cm³/mol. The van der Waals surface area contributed by atoms with E-state index in [0.717, 1.165) is 15.8 Å². The lowest BCUT2D eigenvalue weighted by atomic mass is 10.2. The maximum absolute atomic E-state index is 12.1. The molecular weight excluding hydrogens is 334 g/mol. The van der Waals surface area contributed by atoms with Gasteiger partial charge in [-0.1, -0.05) is 28.6 Å². The Morgan fingerprint density at radius 2 is 2.09 bits per heavy atom. The highest BCUT2D eigenvalue weighted by Gasteiger charge is 2.12. The zero-order chi connectivity index (χ0) is 15.6. The van der Waals surface area contributed by atoms with Gasteiger partial charge >= 0.3 is 6.03 Å². The van der Waals surface area contributed by atoms with E-state index in [-0.39, 0.29) is 6.03 Å². The number of urea groups is 1. The molecule has 0 fully saturated rings. The van der Waals surface area contributed by atoms with Crippen LogP contribution in [-0.2, 0) is 0 Å². The molecule has 0 saturated carbocycles. The van der Waals surface area contributed by atoms with E-state index in [1.807, 2.05) is 29.6 Å². The lowest BCUT2D eigenvalue weighted by Crippen LogP contribution is -2.19. The first-order valence-electron chi connectivity index (χ1n) is 6.58. The Balaban J connectivity index is 1.49. The second-order valence-corrected chi connectivity index (χ2v) is 6.41. The van der Waals surface area contributed by atoms with Crippen LogP contribution in [0.5, 0.6) is 0 Å². The van der Waals surface area contributed by atoms with E-state index in [0.29, 0.717) is 15.8 Å². The summed E-state index contributed by atoms with van der Waals surface area (Å²) in [6, 6.07) is 9.09. The standard InChI is InChI=1S/C14H9N5O2S2/c20-13(15-9-3-1-2-8-5-7-22-11(8)9)16-14-18-17-12(23-14)10-4-6-21-19-10/h1-7H,(H2,15,16,18,20). The van der Waals surface area contributed by atoms with Gasteiger partial charge in [-0.15, -0.1) is 21.5 Å². The molecule has 0 atom stereocenters. The van der Waals surface area contributed by atoms with Crippen molar-refractivity contribution in [3.05, 3.63) is 42.0 Å². The van der Waals surface area contributed by atoms with E-state index in [1.165, 1.54) is 17.6 Å². The number of anilines is 2. The molecule has 23 heavy (non-hydrogen) atoms. The molecule has 0 saturated heterocycles. The van der Waals surface area contributed by atoms with E-state index in [9.17, 15) is 4.79 Å². The van der Waals surface area contributed by atoms with Gasteiger partial charge in [-0.25, -0.2) is 4.79 Å². The molecule has 0 aliphatic carbocycles. The first kappa shape index (κ1) is 13.9. The highest BCUT2D eigenvalue weighted by molar-refractivity contribution is 7.18. The van der Waals surface area contributed by atoms with Crippen molar-refractivity contribution in [3.8, 4) is 10.7 Å². The van der Waals surface area contributed by atoms with Crippen molar-refractivity contribution < 1.29 is 9.32 Å². The molecular formula is C14H9N5O2S2. The van der Waals surface area contributed by atoms with Gasteiger partial charge in [0, 0.05) is 6.07 Å². The topological polar surface area (TPSA) is 92.9 Å². The van der Waals surface area contributed by atoms with Gasteiger partial charge in [-0.05, 0) is 22.9 Å². The molecule has 0 bridgehead atoms. The van der Waals surface area contributed by atoms with Crippen molar-refractivity contribution in [1.29, 1.82) is 0 Å². The maximum atomic E-state index is 12.1. The summed E-state index contributed by atoms with van der Waals surface area (Å²) < 4.78 is 5.79. The smallest absolute Gasteiger partial charge is 0.325 e. The molecule has 1 aromatic carbocycles. The van der Waals surface area contributed by atoms with Crippen molar-refractivity contribution in [3.63, 3.8) is 0 Å². The van der Waals surface area contributed by atoms with E-state index in [2.05, 4.69) is 26.0 Å². The molecule has 2 amide bonds. The first-order chi connectivity index (χ1) is 11.3. The number of aromatic nitrogens is 3. The Morgan fingerprint density at radius 3 is 2.96 bits per heavy atom. The molecule has 0 aliphatic rings. The third kappa shape index (κ3) is 2.79. The van der Waals surface area contributed by atoms with Gasteiger partial charge in [-0.2, -0.15) is 0 Å². The summed E-state index contributed by atoms with van der Waals surface area (Å²) in [5.74, 6) is 0. The van der Waals surface area contributed by atoms with Gasteiger partial charge in [-0.3, -0.25) is 5.32 Å². The number of thiophene rings is 1. The zero-order valence-corrected chi connectivity index (χ0v) is 13.1. The molecule has 7 nitrogen and oxygen atoms in total. The van der Waals surface area contributed by atoms with Crippen molar-refractivity contribution in [2.45, 2.75) is 0 Å². The van der Waals surface area contributed by atoms with E-state index < -0.39 is 0 Å². The second-order valence-electron chi connectivity index (χ2n) is 4.52. The molecule has 0 spiro atoms. The molecule has 3 heterocycles. The number of carbonyl (C=O) groups excluding carboxylic acids is 1. The van der Waals surface area contributed by atoms with Crippen LogP contribution in [0.1, 0.15) is 0 Å². The fourth-order valence-electron chi connectivity index (χ4n) is 2.04. The fraction of sp³-hybridized carbons (Fsp3) is 0. The van der Waals surface area contributed by atoms with Gasteiger partial charge < -0.3 is 9.84 Å². The lowest BCUT2D eigenvalue weighted by Gasteiger charge is -2.05. The Labute approximate surface area is 138 Å². The number of carbonyl (C=O) groups is 1. The molecule has 2 N–H and O–H groups in total. The van der Waals surface area contributed by atoms with Gasteiger partial charge in [0.2, 0.25) is 5.13 Å². The SMILES string of the molecule is O=C(Nc1nnc(-c2ccon2)s1)Nc1cccc2ccsc12. The van der Waals surface area contributed by atoms with Gasteiger partial charge in [0.05, 0.1) is 10.4 Å². The number of benzene rings is 1. The molecule has 0 aliphatic heterocycles. The number of rotatable bonds is 3. The number of nitrogens with one attached hydrogen (secondary N) is 2. The monoisotopic (exact) mass is 343 g/mol. The van der Waals surface area contributed by atoms with Crippen LogP contribution in [-0.4, -0.2) is 21.4 Å².